The molecule has 3 heteroatoms. The van der Waals surface area contributed by atoms with E-state index in [-0.39, 0.29) is 5.82 Å². The van der Waals surface area contributed by atoms with Gasteiger partial charge in [-0.25, -0.2) is 4.39 Å². The average molecular weight is 288 g/mol. The monoisotopic (exact) mass is 288 g/mol. The van der Waals surface area contributed by atoms with Crippen molar-refractivity contribution in [3.63, 3.8) is 0 Å². The van der Waals surface area contributed by atoms with Gasteiger partial charge in [-0.1, -0.05) is 45.0 Å². The summed E-state index contributed by atoms with van der Waals surface area (Å²) in [4.78, 5) is 0. The molecule has 0 aliphatic carbocycles. The normalized spacial score (nSPS) is 11.8. The smallest absolute Gasteiger partial charge is 0.128 e. The first-order chi connectivity index (χ1) is 10.0. The van der Waals surface area contributed by atoms with Crippen LogP contribution < -0.4 is 5.32 Å². The van der Waals surface area contributed by atoms with Crippen molar-refractivity contribution in [2.75, 3.05) is 0 Å². The van der Waals surface area contributed by atoms with Crippen LogP contribution in [0.5, 0.6) is 0 Å². The Labute approximate surface area is 127 Å². The van der Waals surface area contributed by atoms with Crippen LogP contribution in [0.25, 0.3) is 0 Å². The molecule has 0 spiro atoms. The minimum atomic E-state index is -0.205. The van der Waals surface area contributed by atoms with Crippen LogP contribution in [-0.2, 0) is 6.54 Å². The molecule has 2 nitrogen and oxygen atoms in total. The zero-order valence-corrected chi connectivity index (χ0v) is 13.2. The summed E-state index contributed by atoms with van der Waals surface area (Å²) in [5.74, 6) is -0.205. The van der Waals surface area contributed by atoms with Gasteiger partial charge >= 0.3 is 0 Å². The fourth-order valence-electron chi connectivity index (χ4n) is 2.21. The van der Waals surface area contributed by atoms with Crippen molar-refractivity contribution in [1.29, 1.82) is 5.41 Å². The molecule has 2 N–H and O–H groups in total. The lowest BCUT2D eigenvalue weighted by molar-refractivity contribution is 0.599. The lowest BCUT2D eigenvalue weighted by atomic mass is 9.99. The Morgan fingerprint density at radius 1 is 1.29 bits per heavy atom. The SMILES string of the molecule is C=C(CCC)C(=N)/C(C)=C(/CC)NCc1ccccc1F. The standard InChI is InChI=1S/C18H25FN2/c1-5-9-13(3)18(20)14(4)17(6-2)21-12-15-10-7-8-11-16(15)19/h7-8,10-11,20-21H,3,5-6,9,12H2,1-2,4H3/b17-14-,20-18?. The van der Waals surface area contributed by atoms with Crippen molar-refractivity contribution in [2.45, 2.75) is 46.6 Å². The second kappa shape index (κ2) is 8.40. The van der Waals surface area contributed by atoms with Gasteiger partial charge in [-0.15, -0.1) is 0 Å². The van der Waals surface area contributed by atoms with Crippen molar-refractivity contribution in [1.82, 2.24) is 5.32 Å². The summed E-state index contributed by atoms with van der Waals surface area (Å²) in [5.41, 5.74) is 3.85. The summed E-state index contributed by atoms with van der Waals surface area (Å²) in [7, 11) is 0. The van der Waals surface area contributed by atoms with Gasteiger partial charge in [0.15, 0.2) is 0 Å². The molecule has 0 fully saturated rings. The topological polar surface area (TPSA) is 35.9 Å². The number of rotatable bonds is 8. The van der Waals surface area contributed by atoms with Crippen LogP contribution in [0.2, 0.25) is 0 Å². The molecular formula is C18H25FN2. The van der Waals surface area contributed by atoms with Gasteiger partial charge in [0, 0.05) is 17.8 Å². The predicted octanol–water partition coefficient (Wildman–Crippen LogP) is 4.98. The van der Waals surface area contributed by atoms with E-state index < -0.39 is 0 Å². The Morgan fingerprint density at radius 3 is 2.52 bits per heavy atom. The third kappa shape index (κ3) is 4.85. The van der Waals surface area contributed by atoms with Gasteiger partial charge in [-0.05, 0) is 37.0 Å². The van der Waals surface area contributed by atoms with Crippen molar-refractivity contribution in [3.8, 4) is 0 Å². The summed E-state index contributed by atoms with van der Waals surface area (Å²) in [6, 6.07) is 6.75. The zero-order chi connectivity index (χ0) is 15.8. The molecule has 0 amide bonds. The maximum absolute atomic E-state index is 13.6. The maximum atomic E-state index is 13.6. The molecule has 0 heterocycles. The molecule has 0 unspecified atom stereocenters. The molecule has 0 bridgehead atoms. The van der Waals surface area contributed by atoms with E-state index in [1.165, 1.54) is 6.07 Å². The average Bonchev–Trinajstić information content (AvgIpc) is 2.48. The molecule has 0 aromatic heterocycles. The summed E-state index contributed by atoms with van der Waals surface area (Å²) in [5, 5.41) is 11.5. The molecule has 0 saturated carbocycles. The summed E-state index contributed by atoms with van der Waals surface area (Å²) in [6.45, 7) is 10.4. The highest BCUT2D eigenvalue weighted by Crippen LogP contribution is 2.15. The highest BCUT2D eigenvalue weighted by Gasteiger charge is 2.10. The Hall–Kier alpha value is -1.90. The van der Waals surface area contributed by atoms with E-state index in [4.69, 9.17) is 5.41 Å². The van der Waals surface area contributed by atoms with E-state index in [1.54, 1.807) is 12.1 Å². The molecule has 0 aliphatic rings. The minimum absolute atomic E-state index is 0.205. The van der Waals surface area contributed by atoms with Crippen LogP contribution >= 0.6 is 0 Å². The first-order valence-corrected chi connectivity index (χ1v) is 7.45. The van der Waals surface area contributed by atoms with Gasteiger partial charge in [-0.3, -0.25) is 0 Å². The number of hydrogen-bond acceptors (Lipinski definition) is 2. The Kier molecular flexibility index (Phi) is 6.86. The van der Waals surface area contributed by atoms with Crippen LogP contribution in [-0.4, -0.2) is 5.71 Å². The number of nitrogens with one attached hydrogen (secondary N) is 2. The largest absolute Gasteiger partial charge is 0.384 e. The molecule has 114 valence electrons. The highest BCUT2D eigenvalue weighted by atomic mass is 19.1. The lowest BCUT2D eigenvalue weighted by Gasteiger charge is -2.16. The fourth-order valence-corrected chi connectivity index (χ4v) is 2.21. The fraction of sp³-hybridized carbons (Fsp3) is 0.389. The zero-order valence-electron chi connectivity index (χ0n) is 13.2. The van der Waals surface area contributed by atoms with E-state index in [1.807, 2.05) is 19.9 Å². The van der Waals surface area contributed by atoms with E-state index in [9.17, 15) is 4.39 Å². The van der Waals surface area contributed by atoms with E-state index in [0.29, 0.717) is 17.8 Å². The van der Waals surface area contributed by atoms with Gasteiger partial charge in [-0.2, -0.15) is 0 Å². The number of halogens is 1. The summed E-state index contributed by atoms with van der Waals surface area (Å²) < 4.78 is 13.6. The lowest BCUT2D eigenvalue weighted by Crippen LogP contribution is -2.18. The van der Waals surface area contributed by atoms with Crippen molar-refractivity contribution in [3.05, 3.63) is 59.1 Å². The quantitative estimate of drug-likeness (QED) is 0.650. The second-order valence-corrected chi connectivity index (χ2v) is 5.13. The Morgan fingerprint density at radius 2 is 1.95 bits per heavy atom. The van der Waals surface area contributed by atoms with Gasteiger partial charge < -0.3 is 10.7 Å². The summed E-state index contributed by atoms with van der Waals surface area (Å²) >= 11 is 0. The van der Waals surface area contributed by atoms with Crippen LogP contribution in [0.1, 0.15) is 45.6 Å². The van der Waals surface area contributed by atoms with Crippen LogP contribution in [0.4, 0.5) is 4.39 Å². The molecule has 0 radical (unpaired) electrons. The van der Waals surface area contributed by atoms with Crippen molar-refractivity contribution >= 4 is 5.71 Å². The maximum Gasteiger partial charge on any atom is 0.128 e. The highest BCUT2D eigenvalue weighted by molar-refractivity contribution is 6.09. The molecular weight excluding hydrogens is 263 g/mol. The van der Waals surface area contributed by atoms with Gasteiger partial charge in [0.25, 0.3) is 0 Å². The first kappa shape index (κ1) is 17.2. The molecule has 1 aromatic rings. The van der Waals surface area contributed by atoms with E-state index >= 15 is 0 Å². The van der Waals surface area contributed by atoms with E-state index in [0.717, 1.165) is 36.1 Å². The molecule has 0 aliphatic heterocycles. The molecule has 0 saturated heterocycles. The van der Waals surface area contributed by atoms with Crippen molar-refractivity contribution < 1.29 is 4.39 Å². The molecule has 21 heavy (non-hydrogen) atoms. The number of hydrogen-bond donors (Lipinski definition) is 2. The second-order valence-electron chi connectivity index (χ2n) is 5.13. The third-order valence-electron chi connectivity index (χ3n) is 3.54. The number of benzene rings is 1. The third-order valence-corrected chi connectivity index (χ3v) is 3.54. The van der Waals surface area contributed by atoms with Gasteiger partial charge in [0.2, 0.25) is 0 Å². The van der Waals surface area contributed by atoms with Crippen molar-refractivity contribution in [2.24, 2.45) is 0 Å². The Balaban J connectivity index is 2.82. The van der Waals surface area contributed by atoms with Crippen LogP contribution in [0.3, 0.4) is 0 Å². The Bertz CT molecular complexity index is 544. The summed E-state index contributed by atoms with van der Waals surface area (Å²) in [6.07, 6.45) is 2.60. The first-order valence-electron chi connectivity index (χ1n) is 7.45. The van der Waals surface area contributed by atoms with Crippen LogP contribution in [0.15, 0.2) is 47.7 Å². The van der Waals surface area contributed by atoms with Crippen LogP contribution in [0, 0.1) is 11.2 Å². The minimum Gasteiger partial charge on any atom is -0.384 e. The van der Waals surface area contributed by atoms with Gasteiger partial charge in [0.05, 0.1) is 5.71 Å². The molecule has 1 rings (SSSR count). The molecule has 1 aromatic carbocycles. The number of allylic oxidation sites excluding steroid dienone is 3. The van der Waals surface area contributed by atoms with E-state index in [2.05, 4.69) is 18.8 Å². The van der Waals surface area contributed by atoms with Gasteiger partial charge in [0.1, 0.15) is 5.82 Å². The predicted molar refractivity (Wildman–Crippen MR) is 88.0 cm³/mol. The molecule has 0 atom stereocenters.